The van der Waals surface area contributed by atoms with Crippen LogP contribution in [-0.2, 0) is 9.53 Å². The number of anilines is 1. The zero-order chi connectivity index (χ0) is 11.9. The number of fused-ring (bicyclic) bond motifs is 1. The van der Waals surface area contributed by atoms with E-state index >= 15 is 0 Å². The van der Waals surface area contributed by atoms with Crippen LogP contribution in [0.3, 0.4) is 0 Å². The maximum absolute atomic E-state index is 11.9. The van der Waals surface area contributed by atoms with E-state index in [1.165, 1.54) is 0 Å². The summed E-state index contributed by atoms with van der Waals surface area (Å²) in [7, 11) is 0. The molecule has 1 unspecified atom stereocenters. The van der Waals surface area contributed by atoms with Crippen LogP contribution in [0.15, 0.2) is 24.3 Å². The van der Waals surface area contributed by atoms with Crippen LogP contribution in [0.1, 0.15) is 0 Å². The van der Waals surface area contributed by atoms with Crippen LogP contribution in [0.5, 0.6) is 5.75 Å². The van der Waals surface area contributed by atoms with Crippen molar-refractivity contribution in [1.82, 2.24) is 0 Å². The highest BCUT2D eigenvalue weighted by molar-refractivity contribution is 5.98. The molecule has 1 atom stereocenters. The Kier molecular flexibility index (Phi) is 2.06. The van der Waals surface area contributed by atoms with E-state index in [4.69, 9.17) is 14.7 Å². The van der Waals surface area contributed by atoms with Gasteiger partial charge in [0.2, 0.25) is 6.10 Å². The predicted molar refractivity (Wildman–Crippen MR) is 58.4 cm³/mol. The highest BCUT2D eigenvalue weighted by Gasteiger charge is 2.53. The quantitative estimate of drug-likeness (QED) is 0.778. The minimum absolute atomic E-state index is 0.240. The van der Waals surface area contributed by atoms with Gasteiger partial charge in [-0.25, -0.2) is 0 Å². The zero-order valence-corrected chi connectivity index (χ0v) is 8.97. The fraction of sp³-hybridized carbons (Fsp3) is 0.333. The number of hydrogen-bond acceptors (Lipinski definition) is 4. The van der Waals surface area contributed by atoms with Crippen LogP contribution < -0.4 is 10.1 Å². The first-order valence-electron chi connectivity index (χ1n) is 5.31. The number of rotatable bonds is 1. The Balaban J connectivity index is 1.95. The molecule has 1 aromatic rings. The molecule has 1 saturated heterocycles. The first kappa shape index (κ1) is 10.1. The van der Waals surface area contributed by atoms with Crippen molar-refractivity contribution in [2.24, 2.45) is 5.41 Å². The first-order valence-corrected chi connectivity index (χ1v) is 5.31. The van der Waals surface area contributed by atoms with E-state index in [9.17, 15) is 4.79 Å². The number of hydrogen-bond donors (Lipinski definition) is 1. The van der Waals surface area contributed by atoms with Gasteiger partial charge >= 0.3 is 0 Å². The van der Waals surface area contributed by atoms with Crippen LogP contribution >= 0.6 is 0 Å². The number of ether oxygens (including phenoxy) is 2. The lowest BCUT2D eigenvalue weighted by Crippen LogP contribution is -2.58. The van der Waals surface area contributed by atoms with Gasteiger partial charge in [-0.15, -0.1) is 0 Å². The van der Waals surface area contributed by atoms with E-state index in [1.807, 2.05) is 12.1 Å². The predicted octanol–water partition coefficient (Wildman–Crippen LogP) is 0.926. The molecule has 86 valence electrons. The van der Waals surface area contributed by atoms with Gasteiger partial charge in [0.15, 0.2) is 0 Å². The van der Waals surface area contributed by atoms with E-state index in [0.29, 0.717) is 11.4 Å². The van der Waals surface area contributed by atoms with Crippen molar-refractivity contribution in [2.75, 3.05) is 18.5 Å². The summed E-state index contributed by atoms with van der Waals surface area (Å²) in [4.78, 5) is 11.9. The Labute approximate surface area is 97.9 Å². The van der Waals surface area contributed by atoms with Gasteiger partial charge in [-0.05, 0) is 12.1 Å². The Morgan fingerprint density at radius 3 is 2.82 bits per heavy atom. The molecule has 5 nitrogen and oxygen atoms in total. The maximum Gasteiger partial charge on any atom is 0.267 e. The van der Waals surface area contributed by atoms with Crippen LogP contribution in [0.25, 0.3) is 0 Å². The summed E-state index contributed by atoms with van der Waals surface area (Å²) in [6.07, 6.45) is -0.795. The Morgan fingerprint density at radius 2 is 2.18 bits per heavy atom. The normalized spacial score (nSPS) is 24.6. The van der Waals surface area contributed by atoms with Crippen LogP contribution in [-0.4, -0.2) is 25.2 Å². The number of nitrogens with one attached hydrogen (secondary N) is 1. The van der Waals surface area contributed by atoms with Gasteiger partial charge in [0, 0.05) is 0 Å². The molecule has 0 bridgehead atoms. The Morgan fingerprint density at radius 1 is 1.41 bits per heavy atom. The molecule has 1 aromatic carbocycles. The number of para-hydroxylation sites is 2. The van der Waals surface area contributed by atoms with Crippen molar-refractivity contribution >= 4 is 11.6 Å². The van der Waals surface area contributed by atoms with Gasteiger partial charge in [-0.2, -0.15) is 5.26 Å². The number of amides is 1. The van der Waals surface area contributed by atoms with Crippen LogP contribution in [0.4, 0.5) is 5.69 Å². The number of nitriles is 1. The van der Waals surface area contributed by atoms with E-state index < -0.39 is 11.5 Å². The third-order valence-corrected chi connectivity index (χ3v) is 3.07. The molecule has 0 aromatic heterocycles. The Hall–Kier alpha value is -2.06. The van der Waals surface area contributed by atoms with Crippen molar-refractivity contribution in [2.45, 2.75) is 6.10 Å². The topological polar surface area (TPSA) is 71.3 Å². The van der Waals surface area contributed by atoms with E-state index in [1.54, 1.807) is 12.1 Å². The minimum atomic E-state index is -0.850. The fourth-order valence-electron chi connectivity index (χ4n) is 2.01. The molecule has 2 aliphatic rings. The summed E-state index contributed by atoms with van der Waals surface area (Å²) in [6.45, 7) is 0.480. The molecular weight excluding hydrogens is 220 g/mol. The van der Waals surface area contributed by atoms with Crippen LogP contribution in [0.2, 0.25) is 0 Å². The standard InChI is InChI=1S/C12H10N2O3/c13-5-12(6-16-7-12)10-11(15)14-8-3-1-2-4-9(8)17-10/h1-4,10H,6-7H2,(H,14,15). The molecule has 5 heteroatoms. The van der Waals surface area contributed by atoms with Gasteiger partial charge in [0.1, 0.15) is 11.2 Å². The van der Waals surface area contributed by atoms with Crippen molar-refractivity contribution < 1.29 is 14.3 Å². The second-order valence-corrected chi connectivity index (χ2v) is 4.24. The molecule has 1 amide bonds. The fourth-order valence-corrected chi connectivity index (χ4v) is 2.01. The van der Waals surface area contributed by atoms with Crippen molar-refractivity contribution in [1.29, 1.82) is 5.26 Å². The summed E-state index contributed by atoms with van der Waals surface area (Å²) in [5, 5.41) is 11.9. The van der Waals surface area contributed by atoms with Gasteiger partial charge in [-0.3, -0.25) is 4.79 Å². The molecule has 0 radical (unpaired) electrons. The second-order valence-electron chi connectivity index (χ2n) is 4.24. The smallest absolute Gasteiger partial charge is 0.267 e. The third kappa shape index (κ3) is 1.38. The summed E-state index contributed by atoms with van der Waals surface area (Å²) >= 11 is 0. The molecule has 3 rings (SSSR count). The monoisotopic (exact) mass is 230 g/mol. The SMILES string of the molecule is N#CC1(C2Oc3ccccc3NC2=O)COC1. The summed E-state index contributed by atoms with van der Waals surface area (Å²) in [5.74, 6) is 0.312. The van der Waals surface area contributed by atoms with Gasteiger partial charge < -0.3 is 14.8 Å². The number of carbonyl (C=O) groups is 1. The second kappa shape index (κ2) is 3.47. The summed E-state index contributed by atoms with van der Waals surface area (Å²) in [5.41, 5.74) is -0.209. The average Bonchev–Trinajstić information content (AvgIpc) is 2.29. The van der Waals surface area contributed by atoms with Gasteiger partial charge in [0.25, 0.3) is 5.91 Å². The lowest BCUT2D eigenvalue weighted by molar-refractivity contribution is -0.153. The first-order chi connectivity index (χ1) is 8.25. The number of carbonyl (C=O) groups excluding carboxylic acids is 1. The Bertz CT molecular complexity index is 517. The van der Waals surface area contributed by atoms with Crippen molar-refractivity contribution in [3.63, 3.8) is 0 Å². The molecule has 0 saturated carbocycles. The largest absolute Gasteiger partial charge is 0.477 e. The van der Waals surface area contributed by atoms with Crippen LogP contribution in [0, 0.1) is 16.7 Å². The third-order valence-electron chi connectivity index (χ3n) is 3.07. The molecule has 1 N–H and O–H groups in total. The minimum Gasteiger partial charge on any atom is -0.477 e. The average molecular weight is 230 g/mol. The maximum atomic E-state index is 11.9. The molecule has 17 heavy (non-hydrogen) atoms. The van der Waals surface area contributed by atoms with E-state index in [2.05, 4.69) is 11.4 Å². The highest BCUT2D eigenvalue weighted by atomic mass is 16.5. The van der Waals surface area contributed by atoms with E-state index in [0.717, 1.165) is 0 Å². The van der Waals surface area contributed by atoms with Gasteiger partial charge in [-0.1, -0.05) is 12.1 Å². The van der Waals surface area contributed by atoms with E-state index in [-0.39, 0.29) is 19.1 Å². The zero-order valence-electron chi connectivity index (χ0n) is 8.97. The van der Waals surface area contributed by atoms with Crippen molar-refractivity contribution in [3.05, 3.63) is 24.3 Å². The summed E-state index contributed by atoms with van der Waals surface area (Å²) < 4.78 is 10.7. The van der Waals surface area contributed by atoms with Gasteiger partial charge in [0.05, 0.1) is 25.0 Å². The highest BCUT2D eigenvalue weighted by Crippen LogP contribution is 2.38. The molecule has 1 fully saturated rings. The molecule has 2 aliphatic heterocycles. The number of benzene rings is 1. The lowest BCUT2D eigenvalue weighted by atomic mass is 9.80. The lowest BCUT2D eigenvalue weighted by Gasteiger charge is -2.41. The molecule has 2 heterocycles. The molecule has 0 aliphatic carbocycles. The molecule has 0 spiro atoms. The number of nitrogens with zero attached hydrogens (tertiary/aromatic N) is 1. The van der Waals surface area contributed by atoms with Crippen molar-refractivity contribution in [3.8, 4) is 11.8 Å². The molecular formula is C12H10N2O3. The summed E-state index contributed by atoms with van der Waals surface area (Å²) in [6, 6.07) is 9.31.